The monoisotopic (exact) mass is 267 g/mol. The summed E-state index contributed by atoms with van der Waals surface area (Å²) in [5.41, 5.74) is 9.73. The molecule has 3 N–H and O–H groups in total. The second-order valence-corrected chi connectivity index (χ2v) is 5.18. The number of benzene rings is 1. The summed E-state index contributed by atoms with van der Waals surface area (Å²) in [6.07, 6.45) is 0.794. The van der Waals surface area contributed by atoms with Crippen LogP contribution in [0.2, 0.25) is 0 Å². The molecule has 0 saturated heterocycles. The zero-order chi connectivity index (χ0) is 14.1. The van der Waals surface area contributed by atoms with Crippen molar-refractivity contribution in [2.75, 3.05) is 0 Å². The van der Waals surface area contributed by atoms with Crippen LogP contribution in [0.25, 0.3) is 0 Å². The number of carbonyl (C=O) groups excluding carboxylic acids is 1. The molecule has 4 nitrogen and oxygen atoms in total. The highest BCUT2D eigenvalue weighted by Crippen LogP contribution is 2.30. The van der Waals surface area contributed by atoms with E-state index >= 15 is 0 Å². The average Bonchev–Trinajstić information content (AvgIpc) is 2.75. The number of carbonyl (C=O) groups is 1. The van der Waals surface area contributed by atoms with E-state index in [0.717, 1.165) is 17.7 Å². The van der Waals surface area contributed by atoms with Crippen molar-refractivity contribution >= 4 is 5.91 Å². The first-order valence-electron chi connectivity index (χ1n) is 6.73. The van der Waals surface area contributed by atoms with E-state index in [2.05, 4.69) is 16.4 Å². The van der Waals surface area contributed by atoms with Gasteiger partial charge in [0, 0.05) is 11.7 Å². The van der Waals surface area contributed by atoms with Gasteiger partial charge in [-0.1, -0.05) is 30.3 Å². The van der Waals surface area contributed by atoms with Gasteiger partial charge in [0.25, 0.3) is 5.91 Å². The van der Waals surface area contributed by atoms with Gasteiger partial charge in [-0.15, -0.1) is 0 Å². The van der Waals surface area contributed by atoms with Gasteiger partial charge in [0.15, 0.2) is 0 Å². The molecule has 20 heavy (non-hydrogen) atoms. The second-order valence-electron chi connectivity index (χ2n) is 5.18. The maximum atomic E-state index is 12.3. The molecule has 1 amide bonds. The van der Waals surface area contributed by atoms with Crippen molar-refractivity contribution in [1.29, 1.82) is 0 Å². The van der Waals surface area contributed by atoms with Crippen molar-refractivity contribution in [3.63, 3.8) is 0 Å². The Morgan fingerprint density at radius 1 is 1.25 bits per heavy atom. The summed E-state index contributed by atoms with van der Waals surface area (Å²) in [5, 5.41) is 3.00. The molecule has 2 aromatic rings. The Morgan fingerprint density at radius 3 is 2.85 bits per heavy atom. The van der Waals surface area contributed by atoms with Gasteiger partial charge in [-0.3, -0.25) is 4.79 Å². The molecule has 0 radical (unpaired) electrons. The third kappa shape index (κ3) is 2.30. The molecule has 1 aromatic heterocycles. The molecular formula is C16H17N3O. The third-order valence-electron chi connectivity index (χ3n) is 3.68. The lowest BCUT2D eigenvalue weighted by Crippen LogP contribution is -2.38. The predicted octanol–water partition coefficient (Wildman–Crippen LogP) is 1.74. The quantitative estimate of drug-likeness (QED) is 0.871. The van der Waals surface area contributed by atoms with Crippen LogP contribution in [0.5, 0.6) is 0 Å². The fourth-order valence-corrected chi connectivity index (χ4v) is 2.70. The van der Waals surface area contributed by atoms with Crippen LogP contribution in [-0.4, -0.2) is 16.9 Å². The molecular weight excluding hydrogens is 250 g/mol. The van der Waals surface area contributed by atoms with E-state index in [1.807, 2.05) is 37.3 Å². The summed E-state index contributed by atoms with van der Waals surface area (Å²) < 4.78 is 0. The summed E-state index contributed by atoms with van der Waals surface area (Å²) in [4.78, 5) is 16.5. The molecule has 0 fully saturated rings. The Kier molecular flexibility index (Phi) is 3.24. The van der Waals surface area contributed by atoms with E-state index in [0.29, 0.717) is 5.69 Å². The number of aromatic nitrogens is 1. The summed E-state index contributed by atoms with van der Waals surface area (Å²) in [5.74, 6) is -0.175. The lowest BCUT2D eigenvalue weighted by molar-refractivity contribution is 0.0927. The third-order valence-corrected chi connectivity index (χ3v) is 3.68. The van der Waals surface area contributed by atoms with Crippen LogP contribution in [0.1, 0.15) is 33.4 Å². The molecule has 1 aromatic carbocycles. The summed E-state index contributed by atoms with van der Waals surface area (Å²) in [7, 11) is 0. The first kappa shape index (κ1) is 12.8. The number of pyridine rings is 1. The molecule has 2 atom stereocenters. The number of nitrogens with zero attached hydrogens (tertiary/aromatic N) is 1. The number of fused-ring (bicyclic) bond motifs is 1. The van der Waals surface area contributed by atoms with Crippen molar-refractivity contribution in [2.24, 2.45) is 5.73 Å². The Balaban J connectivity index is 1.83. The predicted molar refractivity (Wildman–Crippen MR) is 77.3 cm³/mol. The van der Waals surface area contributed by atoms with Crippen LogP contribution in [-0.2, 0) is 6.42 Å². The SMILES string of the molecule is Cc1cccc(C(=O)NC2c3ccccc3CC2N)n1. The highest BCUT2D eigenvalue weighted by Gasteiger charge is 2.31. The topological polar surface area (TPSA) is 68.0 Å². The Bertz CT molecular complexity index is 654. The van der Waals surface area contributed by atoms with Crippen molar-refractivity contribution in [1.82, 2.24) is 10.3 Å². The van der Waals surface area contributed by atoms with Crippen LogP contribution in [0.3, 0.4) is 0 Å². The molecule has 0 aliphatic heterocycles. The molecule has 1 aliphatic rings. The zero-order valence-corrected chi connectivity index (χ0v) is 11.3. The Hall–Kier alpha value is -2.20. The van der Waals surface area contributed by atoms with Gasteiger partial charge < -0.3 is 11.1 Å². The van der Waals surface area contributed by atoms with Gasteiger partial charge in [-0.25, -0.2) is 4.98 Å². The summed E-state index contributed by atoms with van der Waals surface area (Å²) in [6, 6.07) is 13.3. The van der Waals surface area contributed by atoms with Crippen LogP contribution in [0.4, 0.5) is 0 Å². The largest absolute Gasteiger partial charge is 0.342 e. The van der Waals surface area contributed by atoms with Crippen LogP contribution >= 0.6 is 0 Å². The molecule has 0 saturated carbocycles. The fraction of sp³-hybridized carbons (Fsp3) is 0.250. The second kappa shape index (κ2) is 5.06. The lowest BCUT2D eigenvalue weighted by atomic mass is 10.1. The van der Waals surface area contributed by atoms with Gasteiger partial charge in [-0.2, -0.15) is 0 Å². The molecule has 0 spiro atoms. The fourth-order valence-electron chi connectivity index (χ4n) is 2.70. The maximum Gasteiger partial charge on any atom is 0.270 e. The average molecular weight is 267 g/mol. The highest BCUT2D eigenvalue weighted by atomic mass is 16.1. The minimum atomic E-state index is -0.175. The molecule has 102 valence electrons. The zero-order valence-electron chi connectivity index (χ0n) is 11.3. The van der Waals surface area contributed by atoms with Gasteiger partial charge in [0.2, 0.25) is 0 Å². The van der Waals surface area contributed by atoms with E-state index in [1.165, 1.54) is 5.56 Å². The number of aryl methyl sites for hydroxylation is 1. The summed E-state index contributed by atoms with van der Waals surface area (Å²) in [6.45, 7) is 1.87. The van der Waals surface area contributed by atoms with E-state index in [4.69, 9.17) is 5.73 Å². The van der Waals surface area contributed by atoms with Gasteiger partial charge in [-0.05, 0) is 36.6 Å². The Morgan fingerprint density at radius 2 is 2.05 bits per heavy atom. The number of nitrogens with two attached hydrogens (primary N) is 1. The Labute approximate surface area is 118 Å². The standard InChI is InChI=1S/C16H17N3O/c1-10-5-4-8-14(18-10)16(20)19-15-12-7-3-2-6-11(12)9-13(15)17/h2-8,13,15H,9,17H2,1H3,(H,19,20). The maximum absolute atomic E-state index is 12.3. The molecule has 2 unspecified atom stereocenters. The van der Waals surface area contributed by atoms with E-state index in [-0.39, 0.29) is 18.0 Å². The number of hydrogen-bond acceptors (Lipinski definition) is 3. The lowest BCUT2D eigenvalue weighted by Gasteiger charge is -2.18. The molecule has 3 rings (SSSR count). The number of amides is 1. The number of hydrogen-bond donors (Lipinski definition) is 2. The van der Waals surface area contributed by atoms with Crippen molar-refractivity contribution in [3.05, 3.63) is 65.0 Å². The molecule has 1 aliphatic carbocycles. The van der Waals surface area contributed by atoms with Gasteiger partial charge >= 0.3 is 0 Å². The summed E-state index contributed by atoms with van der Waals surface area (Å²) >= 11 is 0. The number of nitrogens with one attached hydrogen (secondary N) is 1. The minimum Gasteiger partial charge on any atom is -0.342 e. The number of rotatable bonds is 2. The van der Waals surface area contributed by atoms with Crippen LogP contribution in [0.15, 0.2) is 42.5 Å². The van der Waals surface area contributed by atoms with E-state index in [9.17, 15) is 4.79 Å². The van der Waals surface area contributed by atoms with Gasteiger partial charge in [0.05, 0.1) is 6.04 Å². The van der Waals surface area contributed by atoms with Crippen molar-refractivity contribution in [3.8, 4) is 0 Å². The molecule has 4 heteroatoms. The molecule has 0 bridgehead atoms. The van der Waals surface area contributed by atoms with Crippen LogP contribution < -0.4 is 11.1 Å². The van der Waals surface area contributed by atoms with Crippen molar-refractivity contribution in [2.45, 2.75) is 25.4 Å². The molecule has 1 heterocycles. The minimum absolute atomic E-state index is 0.0823. The van der Waals surface area contributed by atoms with E-state index in [1.54, 1.807) is 6.07 Å². The first-order valence-corrected chi connectivity index (χ1v) is 6.73. The smallest absolute Gasteiger partial charge is 0.270 e. The first-order chi connectivity index (χ1) is 9.65. The van der Waals surface area contributed by atoms with Crippen molar-refractivity contribution < 1.29 is 4.79 Å². The van der Waals surface area contributed by atoms with E-state index < -0.39 is 0 Å². The highest BCUT2D eigenvalue weighted by molar-refractivity contribution is 5.92. The van der Waals surface area contributed by atoms with Gasteiger partial charge in [0.1, 0.15) is 5.69 Å². The van der Waals surface area contributed by atoms with Crippen LogP contribution in [0, 0.1) is 6.92 Å². The normalized spacial score (nSPS) is 20.5.